The fourth-order valence-electron chi connectivity index (χ4n) is 1.88. The molecule has 0 saturated carbocycles. The summed E-state index contributed by atoms with van der Waals surface area (Å²) in [5.41, 5.74) is 0.398. The Bertz CT molecular complexity index is 799. The van der Waals surface area contributed by atoms with E-state index >= 15 is 0 Å². The first-order chi connectivity index (χ1) is 11.0. The smallest absolute Gasteiger partial charge is 0.258 e. The van der Waals surface area contributed by atoms with Crippen molar-refractivity contribution in [2.24, 2.45) is 0 Å². The van der Waals surface area contributed by atoms with E-state index in [4.69, 9.17) is 6.42 Å². The van der Waals surface area contributed by atoms with Gasteiger partial charge in [0, 0.05) is 4.47 Å². The molecule has 0 aliphatic rings. The number of amides is 2. The topological polar surface area (TPSA) is 58.2 Å². The Labute approximate surface area is 141 Å². The zero-order valence-corrected chi connectivity index (χ0v) is 13.5. The summed E-state index contributed by atoms with van der Waals surface area (Å²) in [6.07, 6.45) is 5.10. The highest BCUT2D eigenvalue weighted by atomic mass is 79.9. The number of benzene rings is 2. The molecule has 2 amide bonds. The van der Waals surface area contributed by atoms with Crippen molar-refractivity contribution in [3.8, 4) is 12.3 Å². The molecule has 2 aromatic rings. The summed E-state index contributed by atoms with van der Waals surface area (Å²) in [6.45, 7) is 0.0719. The van der Waals surface area contributed by atoms with E-state index < -0.39 is 17.6 Å². The summed E-state index contributed by atoms with van der Waals surface area (Å²) in [7, 11) is 0. The molecule has 6 heteroatoms. The van der Waals surface area contributed by atoms with Crippen LogP contribution in [0.15, 0.2) is 46.9 Å². The molecule has 0 unspecified atom stereocenters. The molecule has 0 bridgehead atoms. The molecular formula is C17H12BrFN2O2. The SMILES string of the molecule is C#CCNC(=O)c1ccccc1NC(=O)c1ccc(Br)cc1F. The van der Waals surface area contributed by atoms with Crippen LogP contribution in [0.3, 0.4) is 0 Å². The molecule has 0 aliphatic heterocycles. The number of terminal acetylenes is 1. The molecule has 0 saturated heterocycles. The molecule has 2 aromatic carbocycles. The van der Waals surface area contributed by atoms with Gasteiger partial charge in [0.05, 0.1) is 23.4 Å². The van der Waals surface area contributed by atoms with Gasteiger partial charge in [-0.2, -0.15) is 0 Å². The lowest BCUT2D eigenvalue weighted by Gasteiger charge is -2.11. The highest BCUT2D eigenvalue weighted by Crippen LogP contribution is 2.19. The molecule has 0 aliphatic carbocycles. The van der Waals surface area contributed by atoms with Crippen molar-refractivity contribution >= 4 is 33.4 Å². The third kappa shape index (κ3) is 4.18. The average Bonchev–Trinajstić information content (AvgIpc) is 2.53. The lowest BCUT2D eigenvalue weighted by atomic mass is 10.1. The van der Waals surface area contributed by atoms with Crippen molar-refractivity contribution in [1.82, 2.24) is 5.32 Å². The fraction of sp³-hybridized carbons (Fsp3) is 0.0588. The zero-order chi connectivity index (χ0) is 16.8. The molecule has 0 aromatic heterocycles. The van der Waals surface area contributed by atoms with Crippen molar-refractivity contribution in [1.29, 1.82) is 0 Å². The van der Waals surface area contributed by atoms with E-state index in [0.29, 0.717) is 4.47 Å². The normalized spacial score (nSPS) is 9.78. The van der Waals surface area contributed by atoms with Crippen molar-refractivity contribution in [3.05, 3.63) is 63.9 Å². The molecule has 0 fully saturated rings. The quantitative estimate of drug-likeness (QED) is 0.807. The minimum atomic E-state index is -0.661. The highest BCUT2D eigenvalue weighted by Gasteiger charge is 2.16. The number of carbonyl (C=O) groups is 2. The Kier molecular flexibility index (Phi) is 5.50. The number of rotatable bonds is 4. The molecule has 23 heavy (non-hydrogen) atoms. The molecule has 4 nitrogen and oxygen atoms in total. The van der Waals surface area contributed by atoms with Gasteiger partial charge in [-0.25, -0.2) is 4.39 Å². The van der Waals surface area contributed by atoms with Gasteiger partial charge in [-0.05, 0) is 30.3 Å². The van der Waals surface area contributed by atoms with Crippen LogP contribution in [-0.2, 0) is 0 Å². The number of para-hydroxylation sites is 1. The van der Waals surface area contributed by atoms with Crippen LogP contribution in [0.5, 0.6) is 0 Å². The van der Waals surface area contributed by atoms with Crippen LogP contribution in [0.1, 0.15) is 20.7 Å². The van der Waals surface area contributed by atoms with Crippen LogP contribution in [0.2, 0.25) is 0 Å². The minimum Gasteiger partial charge on any atom is -0.341 e. The third-order valence-corrected chi connectivity index (χ3v) is 3.44. The van der Waals surface area contributed by atoms with Gasteiger partial charge in [0.15, 0.2) is 0 Å². The van der Waals surface area contributed by atoms with Crippen LogP contribution in [0, 0.1) is 18.2 Å². The van der Waals surface area contributed by atoms with E-state index in [1.165, 1.54) is 12.1 Å². The van der Waals surface area contributed by atoms with Gasteiger partial charge in [-0.3, -0.25) is 9.59 Å². The van der Waals surface area contributed by atoms with Crippen LogP contribution in [0.4, 0.5) is 10.1 Å². The molecular weight excluding hydrogens is 363 g/mol. The average molecular weight is 375 g/mol. The van der Waals surface area contributed by atoms with E-state index in [1.54, 1.807) is 30.3 Å². The standard InChI is InChI=1S/C17H12BrFN2O2/c1-2-9-20-16(22)13-5-3-4-6-15(13)21-17(23)12-8-7-11(18)10-14(12)19/h1,3-8,10H,9H2,(H,20,22)(H,21,23). The summed E-state index contributed by atoms with van der Waals surface area (Å²) >= 11 is 3.13. The Morgan fingerprint density at radius 1 is 1.13 bits per heavy atom. The van der Waals surface area contributed by atoms with Gasteiger partial charge in [0.2, 0.25) is 0 Å². The maximum Gasteiger partial charge on any atom is 0.258 e. The van der Waals surface area contributed by atoms with Crippen molar-refractivity contribution < 1.29 is 14.0 Å². The summed E-state index contributed by atoms with van der Waals surface area (Å²) in [6, 6.07) is 10.5. The predicted octanol–water partition coefficient (Wildman–Crippen LogP) is 3.20. The van der Waals surface area contributed by atoms with Crippen molar-refractivity contribution in [2.75, 3.05) is 11.9 Å². The van der Waals surface area contributed by atoms with Gasteiger partial charge in [0.1, 0.15) is 5.82 Å². The maximum atomic E-state index is 13.8. The van der Waals surface area contributed by atoms with Crippen LogP contribution >= 0.6 is 15.9 Å². The van der Waals surface area contributed by atoms with Gasteiger partial charge < -0.3 is 10.6 Å². The van der Waals surface area contributed by atoms with E-state index in [1.807, 2.05) is 0 Å². The van der Waals surface area contributed by atoms with E-state index in [-0.39, 0.29) is 23.4 Å². The Balaban J connectivity index is 2.25. The van der Waals surface area contributed by atoms with Crippen LogP contribution in [-0.4, -0.2) is 18.4 Å². The fourth-order valence-corrected chi connectivity index (χ4v) is 2.21. The number of nitrogens with one attached hydrogen (secondary N) is 2. The van der Waals surface area contributed by atoms with E-state index in [2.05, 4.69) is 32.5 Å². The summed E-state index contributed by atoms with van der Waals surface area (Å²) in [4.78, 5) is 24.2. The second-order valence-corrected chi connectivity index (χ2v) is 5.43. The van der Waals surface area contributed by atoms with E-state index in [0.717, 1.165) is 0 Å². The molecule has 0 atom stereocenters. The van der Waals surface area contributed by atoms with Crippen molar-refractivity contribution in [2.45, 2.75) is 0 Å². The lowest BCUT2D eigenvalue weighted by molar-refractivity contribution is 0.0959. The summed E-state index contributed by atoms with van der Waals surface area (Å²) in [5.74, 6) is 0.566. The number of anilines is 1. The third-order valence-electron chi connectivity index (χ3n) is 2.95. The zero-order valence-electron chi connectivity index (χ0n) is 11.9. The van der Waals surface area contributed by atoms with E-state index in [9.17, 15) is 14.0 Å². The number of hydrogen-bond acceptors (Lipinski definition) is 2. The molecule has 2 N–H and O–H groups in total. The van der Waals surface area contributed by atoms with Crippen molar-refractivity contribution in [3.63, 3.8) is 0 Å². The number of halogens is 2. The lowest BCUT2D eigenvalue weighted by Crippen LogP contribution is -2.25. The molecule has 2 rings (SSSR count). The molecule has 0 spiro atoms. The van der Waals surface area contributed by atoms with Gasteiger partial charge in [-0.1, -0.05) is 34.0 Å². The van der Waals surface area contributed by atoms with Gasteiger partial charge in [-0.15, -0.1) is 6.42 Å². The summed E-state index contributed by atoms with van der Waals surface area (Å²) in [5, 5.41) is 5.05. The van der Waals surface area contributed by atoms with Gasteiger partial charge >= 0.3 is 0 Å². The van der Waals surface area contributed by atoms with Crippen LogP contribution < -0.4 is 10.6 Å². The number of carbonyl (C=O) groups excluding carboxylic acids is 2. The largest absolute Gasteiger partial charge is 0.341 e. The monoisotopic (exact) mass is 374 g/mol. The first-order valence-electron chi connectivity index (χ1n) is 6.60. The van der Waals surface area contributed by atoms with Gasteiger partial charge in [0.25, 0.3) is 11.8 Å². The first-order valence-corrected chi connectivity index (χ1v) is 7.39. The number of hydrogen-bond donors (Lipinski definition) is 2. The predicted molar refractivity (Wildman–Crippen MR) is 89.7 cm³/mol. The molecule has 116 valence electrons. The highest BCUT2D eigenvalue weighted by molar-refractivity contribution is 9.10. The minimum absolute atomic E-state index is 0.0719. The molecule has 0 radical (unpaired) electrons. The first kappa shape index (κ1) is 16.7. The Morgan fingerprint density at radius 2 is 1.87 bits per heavy atom. The second kappa shape index (κ2) is 7.56. The summed E-state index contributed by atoms with van der Waals surface area (Å²) < 4.78 is 14.4. The molecule has 0 heterocycles. The second-order valence-electron chi connectivity index (χ2n) is 4.51. The maximum absolute atomic E-state index is 13.8. The Morgan fingerprint density at radius 3 is 2.57 bits per heavy atom. The van der Waals surface area contributed by atoms with Crippen LogP contribution in [0.25, 0.3) is 0 Å². The Hall–Kier alpha value is -2.65.